The Hall–Kier alpha value is -0.630. The molecule has 0 bridgehead atoms. The third-order valence-corrected chi connectivity index (χ3v) is 2.81. The van der Waals surface area contributed by atoms with Crippen molar-refractivity contribution >= 4 is 0 Å². The predicted octanol–water partition coefficient (Wildman–Crippen LogP) is 0.209. The van der Waals surface area contributed by atoms with Gasteiger partial charge in [0.15, 0.2) is 0 Å². The summed E-state index contributed by atoms with van der Waals surface area (Å²) in [6, 6.07) is 2.19. The van der Waals surface area contributed by atoms with E-state index in [1.54, 1.807) is 7.11 Å². The van der Waals surface area contributed by atoms with Crippen molar-refractivity contribution in [1.82, 2.24) is 10.2 Å². The number of hydrogen-bond acceptors (Lipinski definition) is 4. The van der Waals surface area contributed by atoms with Crippen LogP contribution in [-0.2, 0) is 4.74 Å². The van der Waals surface area contributed by atoms with Gasteiger partial charge < -0.3 is 15.0 Å². The molecule has 1 unspecified atom stereocenters. The maximum absolute atomic E-state index is 8.79. The lowest BCUT2D eigenvalue weighted by molar-refractivity contribution is 0.0401. The fourth-order valence-electron chi connectivity index (χ4n) is 1.78. The summed E-state index contributed by atoms with van der Waals surface area (Å²) in [6.45, 7) is 2.90. The van der Waals surface area contributed by atoms with E-state index >= 15 is 0 Å². The molecule has 0 aromatic carbocycles. The van der Waals surface area contributed by atoms with Crippen molar-refractivity contribution in [2.45, 2.75) is 25.0 Å². The number of nitrogens with one attached hydrogen (secondary N) is 1. The SMILES string of the molecule is CNC(C#N)CN1CCC(OC)CC1. The maximum atomic E-state index is 8.79. The van der Waals surface area contributed by atoms with Gasteiger partial charge in [-0.05, 0) is 19.9 Å². The monoisotopic (exact) mass is 197 g/mol. The van der Waals surface area contributed by atoms with Crippen LogP contribution in [0, 0.1) is 11.3 Å². The number of nitrogens with zero attached hydrogens (tertiary/aromatic N) is 2. The molecule has 0 aromatic heterocycles. The summed E-state index contributed by atoms with van der Waals surface area (Å²) in [6.07, 6.45) is 2.58. The molecule has 0 saturated carbocycles. The van der Waals surface area contributed by atoms with Crippen molar-refractivity contribution in [1.29, 1.82) is 5.26 Å². The van der Waals surface area contributed by atoms with Gasteiger partial charge >= 0.3 is 0 Å². The fourth-order valence-corrected chi connectivity index (χ4v) is 1.78. The lowest BCUT2D eigenvalue weighted by Gasteiger charge is -2.32. The van der Waals surface area contributed by atoms with E-state index in [1.807, 2.05) is 7.05 Å². The molecule has 0 radical (unpaired) electrons. The maximum Gasteiger partial charge on any atom is 0.108 e. The van der Waals surface area contributed by atoms with Gasteiger partial charge in [0.1, 0.15) is 6.04 Å². The van der Waals surface area contributed by atoms with E-state index in [2.05, 4.69) is 16.3 Å². The Morgan fingerprint density at radius 1 is 1.57 bits per heavy atom. The minimum Gasteiger partial charge on any atom is -0.381 e. The average Bonchev–Trinajstić information content (AvgIpc) is 2.26. The van der Waals surface area contributed by atoms with E-state index in [1.165, 1.54) is 0 Å². The van der Waals surface area contributed by atoms with Crippen molar-refractivity contribution < 1.29 is 4.74 Å². The van der Waals surface area contributed by atoms with Gasteiger partial charge in [-0.3, -0.25) is 0 Å². The molecule has 1 aliphatic heterocycles. The van der Waals surface area contributed by atoms with Crippen molar-refractivity contribution in [2.75, 3.05) is 33.8 Å². The molecule has 0 spiro atoms. The second-order valence-corrected chi connectivity index (χ2v) is 3.71. The molecule has 0 aromatic rings. The highest BCUT2D eigenvalue weighted by Crippen LogP contribution is 2.12. The highest BCUT2D eigenvalue weighted by molar-refractivity contribution is 4.91. The summed E-state index contributed by atoms with van der Waals surface area (Å²) in [5.41, 5.74) is 0. The molecule has 4 nitrogen and oxygen atoms in total. The van der Waals surface area contributed by atoms with Crippen LogP contribution < -0.4 is 5.32 Å². The second-order valence-electron chi connectivity index (χ2n) is 3.71. The molecule has 4 heteroatoms. The third-order valence-electron chi connectivity index (χ3n) is 2.81. The van der Waals surface area contributed by atoms with E-state index in [-0.39, 0.29) is 6.04 Å². The molecule has 1 N–H and O–H groups in total. The Kier molecular flexibility index (Phi) is 4.88. The van der Waals surface area contributed by atoms with Crippen LogP contribution in [-0.4, -0.2) is 50.8 Å². The van der Waals surface area contributed by atoms with Crippen LogP contribution in [0.3, 0.4) is 0 Å². The fraction of sp³-hybridized carbons (Fsp3) is 0.900. The van der Waals surface area contributed by atoms with Crippen LogP contribution in [0.1, 0.15) is 12.8 Å². The molecule has 1 saturated heterocycles. The van der Waals surface area contributed by atoms with Crippen molar-refractivity contribution in [3.63, 3.8) is 0 Å². The Labute approximate surface area is 85.8 Å². The van der Waals surface area contributed by atoms with Crippen LogP contribution >= 0.6 is 0 Å². The number of piperidine rings is 1. The van der Waals surface area contributed by atoms with E-state index in [0.29, 0.717) is 6.10 Å². The number of methoxy groups -OCH3 is 1. The molecule has 14 heavy (non-hydrogen) atoms. The van der Waals surface area contributed by atoms with E-state index in [4.69, 9.17) is 10.00 Å². The van der Waals surface area contributed by atoms with Gasteiger partial charge in [0.05, 0.1) is 12.2 Å². The number of hydrogen-bond donors (Lipinski definition) is 1. The van der Waals surface area contributed by atoms with Gasteiger partial charge in [0.25, 0.3) is 0 Å². The third kappa shape index (κ3) is 3.26. The Bertz CT molecular complexity index is 194. The quantitative estimate of drug-likeness (QED) is 0.700. The van der Waals surface area contributed by atoms with Crippen LogP contribution in [0.2, 0.25) is 0 Å². The minimum absolute atomic E-state index is 0.0471. The topological polar surface area (TPSA) is 48.3 Å². The molecule has 0 amide bonds. The first-order valence-electron chi connectivity index (χ1n) is 5.12. The summed E-state index contributed by atoms with van der Waals surface area (Å²) in [5.74, 6) is 0. The highest BCUT2D eigenvalue weighted by Gasteiger charge is 2.20. The van der Waals surface area contributed by atoms with Crippen LogP contribution in [0.4, 0.5) is 0 Å². The number of likely N-dealkylation sites (tertiary alicyclic amines) is 1. The molecule has 80 valence electrons. The van der Waals surface area contributed by atoms with Crippen LogP contribution in [0.15, 0.2) is 0 Å². The van der Waals surface area contributed by atoms with E-state index in [0.717, 1.165) is 32.5 Å². The second kappa shape index (κ2) is 5.97. The zero-order valence-electron chi connectivity index (χ0n) is 8.99. The normalized spacial score (nSPS) is 21.8. The standard InChI is InChI=1S/C10H19N3O/c1-12-9(7-11)8-13-5-3-10(14-2)4-6-13/h9-10,12H,3-6,8H2,1-2H3. The Morgan fingerprint density at radius 3 is 2.64 bits per heavy atom. The van der Waals surface area contributed by atoms with Gasteiger partial charge in [-0.15, -0.1) is 0 Å². The first-order chi connectivity index (χ1) is 6.80. The van der Waals surface area contributed by atoms with Gasteiger partial charge in [0.2, 0.25) is 0 Å². The first-order valence-corrected chi connectivity index (χ1v) is 5.12. The number of rotatable bonds is 4. The number of ether oxygens (including phenoxy) is 1. The van der Waals surface area contributed by atoms with Crippen LogP contribution in [0.25, 0.3) is 0 Å². The summed E-state index contributed by atoms with van der Waals surface area (Å²) in [5, 5.41) is 11.8. The average molecular weight is 197 g/mol. The molecular weight excluding hydrogens is 178 g/mol. The molecule has 1 atom stereocenters. The van der Waals surface area contributed by atoms with Gasteiger partial charge in [-0.25, -0.2) is 0 Å². The molecule has 1 aliphatic rings. The highest BCUT2D eigenvalue weighted by atomic mass is 16.5. The largest absolute Gasteiger partial charge is 0.381 e. The van der Waals surface area contributed by atoms with Gasteiger partial charge in [0, 0.05) is 26.7 Å². The van der Waals surface area contributed by atoms with Crippen molar-refractivity contribution in [3.8, 4) is 6.07 Å². The Morgan fingerprint density at radius 2 is 2.21 bits per heavy atom. The zero-order chi connectivity index (χ0) is 10.4. The van der Waals surface area contributed by atoms with Crippen molar-refractivity contribution in [3.05, 3.63) is 0 Å². The Balaban J connectivity index is 2.25. The summed E-state index contributed by atoms with van der Waals surface area (Å²) in [7, 11) is 3.60. The summed E-state index contributed by atoms with van der Waals surface area (Å²) < 4.78 is 5.29. The lowest BCUT2D eigenvalue weighted by Crippen LogP contribution is -2.43. The van der Waals surface area contributed by atoms with E-state index in [9.17, 15) is 0 Å². The molecular formula is C10H19N3O. The molecule has 0 aliphatic carbocycles. The van der Waals surface area contributed by atoms with Gasteiger partial charge in [-0.1, -0.05) is 0 Å². The zero-order valence-corrected chi connectivity index (χ0v) is 8.99. The smallest absolute Gasteiger partial charge is 0.108 e. The lowest BCUT2D eigenvalue weighted by atomic mass is 10.1. The first kappa shape index (κ1) is 11.4. The minimum atomic E-state index is -0.0471. The predicted molar refractivity (Wildman–Crippen MR) is 54.9 cm³/mol. The number of nitriles is 1. The van der Waals surface area contributed by atoms with E-state index < -0.39 is 0 Å². The number of likely N-dealkylation sites (N-methyl/N-ethyl adjacent to an activating group) is 1. The van der Waals surface area contributed by atoms with Crippen LogP contribution in [0.5, 0.6) is 0 Å². The molecule has 1 rings (SSSR count). The molecule has 1 fully saturated rings. The van der Waals surface area contributed by atoms with Crippen molar-refractivity contribution in [2.24, 2.45) is 0 Å². The molecule has 1 heterocycles. The van der Waals surface area contributed by atoms with Gasteiger partial charge in [-0.2, -0.15) is 5.26 Å². The summed E-state index contributed by atoms with van der Waals surface area (Å²) >= 11 is 0. The summed E-state index contributed by atoms with van der Waals surface area (Å²) in [4.78, 5) is 2.32.